The van der Waals surface area contributed by atoms with Crippen molar-refractivity contribution in [2.24, 2.45) is 0 Å². The number of methoxy groups -OCH3 is 1. The fourth-order valence-electron chi connectivity index (χ4n) is 2.06. The summed E-state index contributed by atoms with van der Waals surface area (Å²) in [5.74, 6) is 0.416. The third-order valence-electron chi connectivity index (χ3n) is 3.13. The Morgan fingerprint density at radius 1 is 1.45 bits per heavy atom. The number of likely N-dealkylation sites (N-methyl/N-ethyl adjacent to an activating group) is 1. The van der Waals surface area contributed by atoms with Crippen molar-refractivity contribution in [3.63, 3.8) is 0 Å². The Kier molecular flexibility index (Phi) is 4.33. The van der Waals surface area contributed by atoms with Gasteiger partial charge in [-0.05, 0) is 26.1 Å². The Morgan fingerprint density at radius 2 is 2.15 bits per heavy atom. The molecule has 0 fully saturated rings. The van der Waals surface area contributed by atoms with Gasteiger partial charge < -0.3 is 14.6 Å². The molecule has 0 unspecified atom stereocenters. The molecule has 0 bridgehead atoms. The van der Waals surface area contributed by atoms with E-state index in [9.17, 15) is 4.79 Å². The summed E-state index contributed by atoms with van der Waals surface area (Å²) in [7, 11) is 1.52. The lowest BCUT2D eigenvalue weighted by Gasteiger charge is -2.18. The number of H-pyrrole nitrogens is 1. The summed E-state index contributed by atoms with van der Waals surface area (Å²) >= 11 is 5.25. The fourth-order valence-corrected chi connectivity index (χ4v) is 2.31. The van der Waals surface area contributed by atoms with Gasteiger partial charge in [0.25, 0.3) is 0 Å². The molecular formula is C12H17N5O2S. The highest BCUT2D eigenvalue weighted by atomic mass is 32.1. The van der Waals surface area contributed by atoms with Crippen molar-refractivity contribution >= 4 is 29.3 Å². The third-order valence-corrected chi connectivity index (χ3v) is 3.45. The van der Waals surface area contributed by atoms with Gasteiger partial charge in [-0.1, -0.05) is 0 Å². The molecule has 7 nitrogen and oxygen atoms in total. The van der Waals surface area contributed by atoms with Crippen LogP contribution in [0.3, 0.4) is 0 Å². The van der Waals surface area contributed by atoms with Crippen LogP contribution in [0.15, 0.2) is 6.33 Å². The predicted octanol–water partition coefficient (Wildman–Crippen LogP) is 1.37. The zero-order chi connectivity index (χ0) is 14.7. The molecule has 0 aliphatic rings. The van der Waals surface area contributed by atoms with Gasteiger partial charge in [-0.15, -0.1) is 0 Å². The Bertz CT molecular complexity index is 674. The standard InChI is InChI=1S/C12H17N5O2S/c1-4-16(5-2)8(18)6-17-10-9(15-12(17)20)11(19-3)14-7-13-10/h7H,4-6H2,1-3H3,(H,15,20). The van der Waals surface area contributed by atoms with Crippen molar-refractivity contribution in [2.75, 3.05) is 20.2 Å². The van der Waals surface area contributed by atoms with Crippen LogP contribution in [0.25, 0.3) is 11.2 Å². The summed E-state index contributed by atoms with van der Waals surface area (Å²) in [6.07, 6.45) is 1.39. The van der Waals surface area contributed by atoms with E-state index in [1.54, 1.807) is 9.47 Å². The van der Waals surface area contributed by atoms with Crippen LogP contribution in [0, 0.1) is 4.77 Å². The van der Waals surface area contributed by atoms with Crippen molar-refractivity contribution in [1.29, 1.82) is 0 Å². The van der Waals surface area contributed by atoms with Gasteiger partial charge in [-0.3, -0.25) is 9.36 Å². The second kappa shape index (κ2) is 6.00. The summed E-state index contributed by atoms with van der Waals surface area (Å²) in [5.41, 5.74) is 1.18. The van der Waals surface area contributed by atoms with Crippen LogP contribution >= 0.6 is 12.2 Å². The van der Waals surface area contributed by atoms with E-state index in [1.807, 2.05) is 13.8 Å². The minimum absolute atomic E-state index is 0.00424. The molecule has 0 aliphatic heterocycles. The summed E-state index contributed by atoms with van der Waals surface area (Å²) in [4.78, 5) is 25.1. The largest absolute Gasteiger partial charge is 0.479 e. The highest BCUT2D eigenvalue weighted by Crippen LogP contribution is 2.19. The summed E-state index contributed by atoms with van der Waals surface area (Å²) in [6.45, 7) is 5.38. The third kappa shape index (κ3) is 2.51. The van der Waals surface area contributed by atoms with Crippen LogP contribution in [0.2, 0.25) is 0 Å². The molecule has 0 aliphatic carbocycles. The summed E-state index contributed by atoms with van der Waals surface area (Å²) < 4.78 is 7.25. The maximum Gasteiger partial charge on any atom is 0.242 e. The van der Waals surface area contributed by atoms with Crippen molar-refractivity contribution in [3.05, 3.63) is 11.1 Å². The number of carbonyl (C=O) groups excluding carboxylic acids is 1. The Labute approximate surface area is 121 Å². The van der Waals surface area contributed by atoms with Crippen molar-refractivity contribution in [1.82, 2.24) is 24.4 Å². The summed E-state index contributed by atoms with van der Waals surface area (Å²) in [6, 6.07) is 0. The van der Waals surface area contributed by atoms with Crippen LogP contribution in [-0.4, -0.2) is 50.5 Å². The van der Waals surface area contributed by atoms with E-state index in [-0.39, 0.29) is 12.5 Å². The van der Waals surface area contributed by atoms with Gasteiger partial charge in [0.2, 0.25) is 11.8 Å². The molecule has 0 spiro atoms. The van der Waals surface area contributed by atoms with Gasteiger partial charge in [0.1, 0.15) is 18.4 Å². The number of amides is 1. The van der Waals surface area contributed by atoms with E-state index in [1.165, 1.54) is 13.4 Å². The Balaban J connectivity index is 2.43. The number of ether oxygens (including phenoxy) is 1. The molecule has 0 radical (unpaired) electrons. The lowest BCUT2D eigenvalue weighted by atomic mass is 10.4. The molecule has 8 heteroatoms. The molecule has 108 valence electrons. The van der Waals surface area contributed by atoms with Crippen LogP contribution in [0.5, 0.6) is 5.88 Å². The number of aromatic nitrogens is 4. The minimum Gasteiger partial charge on any atom is -0.479 e. The fraction of sp³-hybridized carbons (Fsp3) is 0.500. The van der Waals surface area contributed by atoms with Crippen LogP contribution in [-0.2, 0) is 11.3 Å². The van der Waals surface area contributed by atoms with Crippen LogP contribution < -0.4 is 4.74 Å². The van der Waals surface area contributed by atoms with Gasteiger partial charge >= 0.3 is 0 Å². The number of fused-ring (bicyclic) bond motifs is 1. The average molecular weight is 295 g/mol. The molecule has 2 aromatic rings. The van der Waals surface area contributed by atoms with E-state index in [0.717, 1.165) is 0 Å². The zero-order valence-electron chi connectivity index (χ0n) is 11.7. The molecule has 1 amide bonds. The number of aromatic amines is 1. The molecular weight excluding hydrogens is 278 g/mol. The second-order valence-electron chi connectivity index (χ2n) is 4.16. The number of hydrogen-bond acceptors (Lipinski definition) is 5. The van der Waals surface area contributed by atoms with E-state index >= 15 is 0 Å². The number of nitrogens with zero attached hydrogens (tertiary/aromatic N) is 4. The second-order valence-corrected chi connectivity index (χ2v) is 4.55. The maximum atomic E-state index is 12.2. The SMILES string of the molecule is CCN(CC)C(=O)Cn1c(=S)[nH]c2c(OC)ncnc21. The number of rotatable bonds is 5. The quantitative estimate of drug-likeness (QED) is 0.843. The first kappa shape index (κ1) is 14.4. The van der Waals surface area contributed by atoms with E-state index < -0.39 is 0 Å². The Morgan fingerprint density at radius 3 is 2.75 bits per heavy atom. The van der Waals surface area contributed by atoms with Gasteiger partial charge in [0, 0.05) is 13.1 Å². The normalized spacial score (nSPS) is 10.8. The van der Waals surface area contributed by atoms with Crippen molar-refractivity contribution in [2.45, 2.75) is 20.4 Å². The molecule has 0 aromatic carbocycles. The molecule has 1 N–H and O–H groups in total. The molecule has 20 heavy (non-hydrogen) atoms. The van der Waals surface area contributed by atoms with Crippen LogP contribution in [0.4, 0.5) is 0 Å². The monoisotopic (exact) mass is 295 g/mol. The molecule has 0 saturated carbocycles. The predicted molar refractivity (Wildman–Crippen MR) is 77.2 cm³/mol. The molecule has 2 aromatic heterocycles. The molecule has 0 saturated heterocycles. The molecule has 2 rings (SSSR count). The van der Waals surface area contributed by atoms with Crippen molar-refractivity contribution < 1.29 is 9.53 Å². The number of carbonyl (C=O) groups is 1. The maximum absolute atomic E-state index is 12.2. The highest BCUT2D eigenvalue weighted by Gasteiger charge is 2.16. The van der Waals surface area contributed by atoms with Gasteiger partial charge in [-0.25, -0.2) is 4.98 Å². The van der Waals surface area contributed by atoms with Gasteiger partial charge in [-0.2, -0.15) is 4.98 Å². The average Bonchev–Trinajstić information content (AvgIpc) is 2.76. The number of imidazole rings is 1. The highest BCUT2D eigenvalue weighted by molar-refractivity contribution is 7.71. The van der Waals surface area contributed by atoms with Gasteiger partial charge in [0.15, 0.2) is 10.4 Å². The Hall–Kier alpha value is -1.96. The lowest BCUT2D eigenvalue weighted by Crippen LogP contribution is -2.33. The number of hydrogen-bond donors (Lipinski definition) is 1. The van der Waals surface area contributed by atoms with Crippen LogP contribution in [0.1, 0.15) is 13.8 Å². The first-order valence-electron chi connectivity index (χ1n) is 6.37. The first-order chi connectivity index (χ1) is 9.62. The topological polar surface area (TPSA) is 76.0 Å². The number of nitrogens with one attached hydrogen (secondary N) is 1. The zero-order valence-corrected chi connectivity index (χ0v) is 12.5. The smallest absolute Gasteiger partial charge is 0.242 e. The minimum atomic E-state index is 0.00424. The van der Waals surface area contributed by atoms with E-state index in [0.29, 0.717) is 34.9 Å². The molecule has 2 heterocycles. The first-order valence-corrected chi connectivity index (χ1v) is 6.78. The van der Waals surface area contributed by atoms with Gasteiger partial charge in [0.05, 0.1) is 7.11 Å². The molecule has 0 atom stereocenters. The summed E-state index contributed by atoms with van der Waals surface area (Å²) in [5, 5.41) is 0. The van der Waals surface area contributed by atoms with Crippen molar-refractivity contribution in [3.8, 4) is 5.88 Å². The van der Waals surface area contributed by atoms with E-state index in [2.05, 4.69) is 15.0 Å². The lowest BCUT2D eigenvalue weighted by molar-refractivity contribution is -0.131. The van der Waals surface area contributed by atoms with E-state index in [4.69, 9.17) is 17.0 Å².